The van der Waals surface area contributed by atoms with E-state index in [0.29, 0.717) is 13.1 Å². The van der Waals surface area contributed by atoms with E-state index >= 15 is 0 Å². The summed E-state index contributed by atoms with van der Waals surface area (Å²) in [5, 5.41) is 5.63. The first-order valence-corrected chi connectivity index (χ1v) is 9.63. The molecular formula is C22H27N3O3. The number of benzene rings is 2. The van der Waals surface area contributed by atoms with E-state index in [1.807, 2.05) is 43.3 Å². The van der Waals surface area contributed by atoms with E-state index in [0.717, 1.165) is 24.2 Å². The van der Waals surface area contributed by atoms with E-state index in [2.05, 4.69) is 22.8 Å². The monoisotopic (exact) mass is 381 g/mol. The Kier molecular flexibility index (Phi) is 6.53. The summed E-state index contributed by atoms with van der Waals surface area (Å²) in [5.74, 6) is 0.707. The van der Waals surface area contributed by atoms with Gasteiger partial charge in [0.05, 0.1) is 19.7 Å². The summed E-state index contributed by atoms with van der Waals surface area (Å²) in [7, 11) is 1.62. The highest BCUT2D eigenvalue weighted by Gasteiger charge is 2.21. The molecule has 28 heavy (non-hydrogen) atoms. The van der Waals surface area contributed by atoms with E-state index in [4.69, 9.17) is 4.74 Å². The van der Waals surface area contributed by atoms with Crippen molar-refractivity contribution in [2.45, 2.75) is 32.4 Å². The van der Waals surface area contributed by atoms with Gasteiger partial charge < -0.3 is 20.3 Å². The minimum absolute atomic E-state index is 0.00690. The number of nitrogens with one attached hydrogen (secondary N) is 2. The van der Waals surface area contributed by atoms with Gasteiger partial charge in [0.15, 0.2) is 0 Å². The summed E-state index contributed by atoms with van der Waals surface area (Å²) in [4.78, 5) is 26.5. The molecule has 0 fully saturated rings. The average Bonchev–Trinajstić information content (AvgIpc) is 2.75. The lowest BCUT2D eigenvalue weighted by Crippen LogP contribution is -2.45. The predicted molar refractivity (Wildman–Crippen MR) is 108 cm³/mol. The smallest absolute Gasteiger partial charge is 0.315 e. The highest BCUT2D eigenvalue weighted by atomic mass is 16.5. The van der Waals surface area contributed by atoms with E-state index < -0.39 is 0 Å². The van der Waals surface area contributed by atoms with Crippen LogP contribution < -0.4 is 15.4 Å². The van der Waals surface area contributed by atoms with Gasteiger partial charge in [0, 0.05) is 13.1 Å². The molecule has 2 aromatic carbocycles. The second kappa shape index (κ2) is 9.26. The van der Waals surface area contributed by atoms with Gasteiger partial charge in [-0.05, 0) is 41.7 Å². The Morgan fingerprint density at radius 2 is 1.82 bits per heavy atom. The summed E-state index contributed by atoms with van der Waals surface area (Å²) < 4.78 is 5.17. The van der Waals surface area contributed by atoms with Crippen LogP contribution in [0.3, 0.4) is 0 Å². The van der Waals surface area contributed by atoms with Gasteiger partial charge in [0.2, 0.25) is 5.91 Å². The van der Waals surface area contributed by atoms with Crippen molar-refractivity contribution < 1.29 is 14.3 Å². The molecule has 6 heteroatoms. The van der Waals surface area contributed by atoms with Crippen LogP contribution >= 0.6 is 0 Å². The fourth-order valence-electron chi connectivity index (χ4n) is 3.44. The lowest BCUT2D eigenvalue weighted by molar-refractivity contribution is -0.131. The van der Waals surface area contributed by atoms with Crippen molar-refractivity contribution in [1.82, 2.24) is 15.5 Å². The number of methoxy groups -OCH3 is 1. The van der Waals surface area contributed by atoms with Gasteiger partial charge in [0.25, 0.3) is 0 Å². The Morgan fingerprint density at radius 3 is 2.50 bits per heavy atom. The van der Waals surface area contributed by atoms with Crippen LogP contribution in [0, 0.1) is 0 Å². The Labute approximate surface area is 165 Å². The molecule has 0 saturated heterocycles. The molecule has 0 aliphatic carbocycles. The van der Waals surface area contributed by atoms with Crippen LogP contribution in [0.5, 0.6) is 5.75 Å². The topological polar surface area (TPSA) is 70.7 Å². The maximum atomic E-state index is 12.5. The molecule has 6 nitrogen and oxygen atoms in total. The van der Waals surface area contributed by atoms with Crippen LogP contribution in [-0.4, -0.2) is 37.0 Å². The van der Waals surface area contributed by atoms with Crippen molar-refractivity contribution in [2.75, 3.05) is 20.2 Å². The molecule has 0 bridgehead atoms. The molecule has 3 rings (SSSR count). The van der Waals surface area contributed by atoms with Crippen LogP contribution in [0.15, 0.2) is 48.5 Å². The average molecular weight is 381 g/mol. The second-order valence-corrected chi connectivity index (χ2v) is 6.90. The summed E-state index contributed by atoms with van der Waals surface area (Å²) in [6, 6.07) is 15.3. The van der Waals surface area contributed by atoms with Gasteiger partial charge in [-0.3, -0.25) is 4.79 Å². The zero-order valence-corrected chi connectivity index (χ0v) is 16.4. The molecule has 0 spiro atoms. The minimum Gasteiger partial charge on any atom is -0.497 e. The SMILES string of the molecule is CCC(NC(=O)NCC(=O)N1CCc2ccccc2C1)c1ccc(OC)cc1. The van der Waals surface area contributed by atoms with Crippen LogP contribution in [0.1, 0.15) is 36.1 Å². The van der Waals surface area contributed by atoms with Gasteiger partial charge >= 0.3 is 6.03 Å². The molecule has 1 unspecified atom stereocenters. The van der Waals surface area contributed by atoms with E-state index in [-0.39, 0.29) is 24.5 Å². The van der Waals surface area contributed by atoms with Crippen molar-refractivity contribution in [2.24, 2.45) is 0 Å². The quantitative estimate of drug-likeness (QED) is 0.808. The molecule has 2 aromatic rings. The highest BCUT2D eigenvalue weighted by molar-refractivity contribution is 5.84. The molecule has 1 atom stereocenters. The van der Waals surface area contributed by atoms with E-state index in [1.165, 1.54) is 11.1 Å². The summed E-state index contributed by atoms with van der Waals surface area (Å²) in [5.41, 5.74) is 3.47. The molecular weight excluding hydrogens is 354 g/mol. The van der Waals surface area contributed by atoms with Crippen LogP contribution in [0.2, 0.25) is 0 Å². The molecule has 2 N–H and O–H groups in total. The summed E-state index contributed by atoms with van der Waals surface area (Å²) in [6.07, 6.45) is 1.60. The fourth-order valence-corrected chi connectivity index (χ4v) is 3.44. The first-order valence-electron chi connectivity index (χ1n) is 9.63. The maximum Gasteiger partial charge on any atom is 0.315 e. The normalized spacial score (nSPS) is 14.0. The molecule has 0 radical (unpaired) electrons. The minimum atomic E-state index is -0.339. The van der Waals surface area contributed by atoms with Crippen molar-refractivity contribution in [3.63, 3.8) is 0 Å². The molecule has 1 heterocycles. The van der Waals surface area contributed by atoms with E-state index in [1.54, 1.807) is 12.0 Å². The summed E-state index contributed by atoms with van der Waals surface area (Å²) in [6.45, 7) is 3.28. The largest absolute Gasteiger partial charge is 0.497 e. The van der Waals surface area contributed by atoms with Crippen molar-refractivity contribution in [1.29, 1.82) is 0 Å². The van der Waals surface area contributed by atoms with Crippen LogP contribution in [0.25, 0.3) is 0 Å². The third-order valence-electron chi connectivity index (χ3n) is 5.12. The van der Waals surface area contributed by atoms with Gasteiger partial charge in [-0.15, -0.1) is 0 Å². The van der Waals surface area contributed by atoms with Gasteiger partial charge in [-0.2, -0.15) is 0 Å². The zero-order chi connectivity index (χ0) is 19.9. The lowest BCUT2D eigenvalue weighted by Gasteiger charge is -2.29. The second-order valence-electron chi connectivity index (χ2n) is 6.90. The number of carbonyl (C=O) groups is 2. The standard InChI is InChI=1S/C22H27N3O3/c1-3-20(17-8-10-19(28-2)11-9-17)24-22(27)23-14-21(26)25-13-12-16-6-4-5-7-18(16)15-25/h4-11,20H,3,12-15H2,1-2H3,(H2,23,24,27). The molecule has 3 amide bonds. The highest BCUT2D eigenvalue weighted by Crippen LogP contribution is 2.20. The third kappa shape index (κ3) is 4.82. The number of ether oxygens (including phenoxy) is 1. The molecule has 1 aliphatic rings. The molecule has 1 aliphatic heterocycles. The van der Waals surface area contributed by atoms with Crippen molar-refractivity contribution >= 4 is 11.9 Å². The zero-order valence-electron chi connectivity index (χ0n) is 16.4. The van der Waals surface area contributed by atoms with Crippen LogP contribution in [0.4, 0.5) is 4.79 Å². The van der Waals surface area contributed by atoms with Gasteiger partial charge in [0.1, 0.15) is 5.75 Å². The van der Waals surface area contributed by atoms with Crippen molar-refractivity contribution in [3.05, 3.63) is 65.2 Å². The first kappa shape index (κ1) is 19.7. The number of rotatable bonds is 6. The van der Waals surface area contributed by atoms with Crippen LogP contribution in [-0.2, 0) is 17.8 Å². The van der Waals surface area contributed by atoms with Crippen molar-refractivity contribution in [3.8, 4) is 5.75 Å². The maximum absolute atomic E-state index is 12.5. The Hall–Kier alpha value is -3.02. The number of urea groups is 1. The number of amides is 3. The fraction of sp³-hybridized carbons (Fsp3) is 0.364. The number of fused-ring (bicyclic) bond motifs is 1. The number of hydrogen-bond acceptors (Lipinski definition) is 3. The molecule has 0 aromatic heterocycles. The molecule has 148 valence electrons. The van der Waals surface area contributed by atoms with Gasteiger partial charge in [-0.25, -0.2) is 4.79 Å². The Bertz CT molecular complexity index is 820. The molecule has 0 saturated carbocycles. The van der Waals surface area contributed by atoms with E-state index in [9.17, 15) is 9.59 Å². The number of carbonyl (C=O) groups excluding carboxylic acids is 2. The number of nitrogens with zero attached hydrogens (tertiary/aromatic N) is 1. The predicted octanol–water partition coefficient (Wildman–Crippen LogP) is 3.03. The third-order valence-corrected chi connectivity index (χ3v) is 5.12. The van der Waals surface area contributed by atoms with Gasteiger partial charge in [-0.1, -0.05) is 43.3 Å². The summed E-state index contributed by atoms with van der Waals surface area (Å²) >= 11 is 0. The first-order chi connectivity index (χ1) is 13.6. The Balaban J connectivity index is 1.49. The lowest BCUT2D eigenvalue weighted by atomic mass is 10.00. The Morgan fingerprint density at radius 1 is 1.11 bits per heavy atom. The number of hydrogen-bond donors (Lipinski definition) is 2.